The molecule has 1 aliphatic carbocycles. The minimum atomic E-state index is -0.929. The predicted octanol–water partition coefficient (Wildman–Crippen LogP) is 7.67. The van der Waals surface area contributed by atoms with Crippen LogP contribution in [0.1, 0.15) is 36.1 Å². The Morgan fingerprint density at radius 1 is 0.914 bits per heavy atom. The average molecular weight is 536 g/mol. The lowest BCUT2D eigenvalue weighted by Crippen LogP contribution is -2.30. The number of halogens is 5. The van der Waals surface area contributed by atoms with E-state index in [9.17, 15) is 13.6 Å². The summed E-state index contributed by atoms with van der Waals surface area (Å²) < 4.78 is 27.1. The second-order valence-corrected chi connectivity index (χ2v) is 9.94. The molecule has 2 heterocycles. The number of pyridine rings is 1. The van der Waals surface area contributed by atoms with Crippen LogP contribution in [0.4, 0.5) is 8.78 Å². The van der Waals surface area contributed by atoms with E-state index in [1.54, 1.807) is 29.3 Å². The zero-order chi connectivity index (χ0) is 24.0. The molecular formula is C27H23Cl3F2N2O. The van der Waals surface area contributed by atoms with E-state index in [-0.39, 0.29) is 43.6 Å². The fourth-order valence-corrected chi connectivity index (χ4v) is 5.74. The molecule has 35 heavy (non-hydrogen) atoms. The first-order valence-corrected chi connectivity index (χ1v) is 11.9. The number of hydrogen-bond donors (Lipinski definition) is 0. The number of amides is 1. The summed E-state index contributed by atoms with van der Waals surface area (Å²) in [5.74, 6) is -2.61. The van der Waals surface area contributed by atoms with Crippen LogP contribution in [0.5, 0.6) is 0 Å². The van der Waals surface area contributed by atoms with E-state index in [4.69, 9.17) is 34.8 Å². The predicted molar refractivity (Wildman–Crippen MR) is 136 cm³/mol. The highest BCUT2D eigenvalue weighted by atomic mass is 35.5. The van der Waals surface area contributed by atoms with Crippen molar-refractivity contribution in [2.75, 3.05) is 6.54 Å². The van der Waals surface area contributed by atoms with Crippen LogP contribution >= 0.6 is 34.8 Å². The quantitative estimate of drug-likeness (QED) is 0.321. The van der Waals surface area contributed by atoms with E-state index in [1.165, 1.54) is 6.07 Å². The van der Waals surface area contributed by atoms with Crippen LogP contribution < -0.4 is 0 Å². The SMILES string of the molecule is C.O=C1[C@@H]2C=C[C@H](c3ccc(Cl)cc3Cl)[C@H](c3ccc(Cl)cn3)[C@@H]2CN1Cc1ccc(F)c(F)c1. The van der Waals surface area contributed by atoms with E-state index >= 15 is 0 Å². The molecule has 1 aromatic heterocycles. The zero-order valence-corrected chi connectivity index (χ0v) is 20.0. The van der Waals surface area contributed by atoms with Gasteiger partial charge >= 0.3 is 0 Å². The highest BCUT2D eigenvalue weighted by molar-refractivity contribution is 6.35. The summed E-state index contributed by atoms with van der Waals surface area (Å²) in [6.07, 6.45) is 5.54. The Labute approximate surface area is 218 Å². The topological polar surface area (TPSA) is 33.2 Å². The number of hydrogen-bond acceptors (Lipinski definition) is 2. The maximum absolute atomic E-state index is 13.7. The van der Waals surface area contributed by atoms with Crippen LogP contribution in [0.3, 0.4) is 0 Å². The van der Waals surface area contributed by atoms with Gasteiger partial charge in [0, 0.05) is 52.8 Å². The van der Waals surface area contributed by atoms with Gasteiger partial charge in [0.05, 0.1) is 10.9 Å². The number of carbonyl (C=O) groups is 1. The summed E-state index contributed by atoms with van der Waals surface area (Å²) >= 11 is 18.8. The van der Waals surface area contributed by atoms with E-state index in [1.807, 2.05) is 24.3 Å². The highest BCUT2D eigenvalue weighted by Gasteiger charge is 2.48. The maximum atomic E-state index is 13.7. The summed E-state index contributed by atoms with van der Waals surface area (Å²) in [4.78, 5) is 19.6. The first kappa shape index (κ1) is 25.6. The van der Waals surface area contributed by atoms with Gasteiger partial charge in [0.15, 0.2) is 11.6 Å². The number of rotatable bonds is 4. The number of aromatic nitrogens is 1. The summed E-state index contributed by atoms with van der Waals surface area (Å²) in [7, 11) is 0. The molecule has 0 saturated carbocycles. The number of benzene rings is 2. The third kappa shape index (κ3) is 4.95. The van der Waals surface area contributed by atoms with Crippen molar-refractivity contribution in [2.45, 2.75) is 25.8 Å². The van der Waals surface area contributed by atoms with Crippen LogP contribution in [0, 0.1) is 23.5 Å². The first-order chi connectivity index (χ1) is 16.3. The van der Waals surface area contributed by atoms with Gasteiger partial charge in [-0.05, 0) is 47.5 Å². The molecule has 0 bridgehead atoms. The van der Waals surface area contributed by atoms with Crippen molar-refractivity contribution in [3.8, 4) is 0 Å². The smallest absolute Gasteiger partial charge is 0.230 e. The summed E-state index contributed by atoms with van der Waals surface area (Å²) in [5.41, 5.74) is 2.24. The molecule has 1 aliphatic heterocycles. The molecule has 0 radical (unpaired) electrons. The number of likely N-dealkylation sites (tertiary alicyclic amines) is 1. The minimum Gasteiger partial charge on any atom is -0.338 e. The highest BCUT2D eigenvalue weighted by Crippen LogP contribution is 2.50. The van der Waals surface area contributed by atoms with Crippen LogP contribution in [-0.4, -0.2) is 22.3 Å². The molecule has 182 valence electrons. The molecule has 8 heteroatoms. The second-order valence-electron chi connectivity index (χ2n) is 8.66. The molecule has 1 fully saturated rings. The Morgan fingerprint density at radius 3 is 2.34 bits per heavy atom. The lowest BCUT2D eigenvalue weighted by molar-refractivity contribution is -0.130. The molecule has 0 spiro atoms. The lowest BCUT2D eigenvalue weighted by atomic mass is 9.68. The van der Waals surface area contributed by atoms with Crippen LogP contribution in [-0.2, 0) is 11.3 Å². The molecule has 3 aromatic rings. The van der Waals surface area contributed by atoms with E-state index in [2.05, 4.69) is 4.98 Å². The molecule has 3 nitrogen and oxygen atoms in total. The zero-order valence-electron chi connectivity index (χ0n) is 17.8. The molecule has 0 N–H and O–H groups in total. The Morgan fingerprint density at radius 2 is 1.66 bits per heavy atom. The van der Waals surface area contributed by atoms with E-state index < -0.39 is 11.6 Å². The van der Waals surface area contributed by atoms with Crippen molar-refractivity contribution in [3.05, 3.63) is 110 Å². The van der Waals surface area contributed by atoms with Gasteiger partial charge in [-0.3, -0.25) is 9.78 Å². The molecule has 1 saturated heterocycles. The minimum absolute atomic E-state index is 0. The van der Waals surface area contributed by atoms with Crippen molar-refractivity contribution in [3.63, 3.8) is 0 Å². The van der Waals surface area contributed by atoms with Gasteiger partial charge in [-0.25, -0.2) is 8.78 Å². The van der Waals surface area contributed by atoms with Gasteiger partial charge in [0.1, 0.15) is 0 Å². The van der Waals surface area contributed by atoms with Gasteiger partial charge in [-0.15, -0.1) is 0 Å². The molecule has 0 unspecified atom stereocenters. The monoisotopic (exact) mass is 534 g/mol. The lowest BCUT2D eigenvalue weighted by Gasteiger charge is -2.35. The fourth-order valence-electron chi connectivity index (χ4n) is 5.10. The maximum Gasteiger partial charge on any atom is 0.230 e. The van der Waals surface area contributed by atoms with Gasteiger partial charge < -0.3 is 4.90 Å². The van der Waals surface area contributed by atoms with Crippen LogP contribution in [0.15, 0.2) is 66.9 Å². The van der Waals surface area contributed by atoms with Crippen LogP contribution in [0.25, 0.3) is 0 Å². The third-order valence-corrected chi connectivity index (χ3v) is 7.42. The van der Waals surface area contributed by atoms with Gasteiger partial charge in [-0.1, -0.05) is 66.5 Å². The summed E-state index contributed by atoms with van der Waals surface area (Å²) in [5, 5.41) is 1.61. The molecule has 5 rings (SSSR count). The summed E-state index contributed by atoms with van der Waals surface area (Å²) in [6.45, 7) is 0.646. The molecule has 4 atom stereocenters. The standard InChI is InChI=1S/C26H19Cl3F2N2O.CH4/c27-15-2-4-17(21(29)10-15)18-5-6-19-20(25(18)24-8-3-16(28)11-32-24)13-33(26(19)34)12-14-1-7-22(30)23(31)9-14;/h1-11,18-20,25H,12-13H2;1H4/t18-,19-,20-,25+;/m1./s1. The number of nitrogens with zero attached hydrogens (tertiary/aromatic N) is 2. The first-order valence-electron chi connectivity index (χ1n) is 10.8. The molecular weight excluding hydrogens is 513 g/mol. The molecule has 1 amide bonds. The van der Waals surface area contributed by atoms with Gasteiger partial charge in [0.2, 0.25) is 5.91 Å². The number of fused-ring (bicyclic) bond motifs is 1. The third-order valence-electron chi connectivity index (χ3n) is 6.63. The van der Waals surface area contributed by atoms with Gasteiger partial charge in [-0.2, -0.15) is 0 Å². The van der Waals surface area contributed by atoms with E-state index in [0.29, 0.717) is 27.2 Å². The Balaban J connectivity index is 0.00000289. The van der Waals surface area contributed by atoms with Crippen molar-refractivity contribution in [1.29, 1.82) is 0 Å². The number of carbonyl (C=O) groups excluding carboxylic acids is 1. The average Bonchev–Trinajstić information content (AvgIpc) is 3.12. The largest absolute Gasteiger partial charge is 0.338 e. The van der Waals surface area contributed by atoms with Crippen molar-refractivity contribution in [2.24, 2.45) is 11.8 Å². The van der Waals surface area contributed by atoms with Crippen molar-refractivity contribution >= 4 is 40.7 Å². The molecule has 2 aromatic carbocycles. The Kier molecular flexibility index (Phi) is 7.51. The van der Waals surface area contributed by atoms with Crippen molar-refractivity contribution in [1.82, 2.24) is 9.88 Å². The number of allylic oxidation sites excluding steroid dienone is 1. The normalized spacial score (nSPS) is 23.2. The molecule has 2 aliphatic rings. The Bertz CT molecular complexity index is 1280. The van der Waals surface area contributed by atoms with Crippen molar-refractivity contribution < 1.29 is 13.6 Å². The fraction of sp³-hybridized carbons (Fsp3) is 0.259. The second kappa shape index (κ2) is 10.3. The van der Waals surface area contributed by atoms with Gasteiger partial charge in [0.25, 0.3) is 0 Å². The van der Waals surface area contributed by atoms with Crippen LogP contribution in [0.2, 0.25) is 15.1 Å². The Hall–Kier alpha value is -2.47. The van der Waals surface area contributed by atoms with E-state index in [0.717, 1.165) is 23.4 Å². The summed E-state index contributed by atoms with van der Waals surface area (Å²) in [6, 6.07) is 12.8.